The number of piperazine rings is 1. The Morgan fingerprint density at radius 3 is 2.62 bits per heavy atom. The Labute approximate surface area is 243 Å². The third kappa shape index (κ3) is 6.15. The first-order valence-electron chi connectivity index (χ1n) is 13.7. The molecule has 14 heteroatoms. The average molecular weight is 600 g/mol. The number of hydrogen-bond donors (Lipinski definition) is 2. The van der Waals surface area contributed by atoms with Crippen molar-refractivity contribution in [2.45, 2.75) is 56.6 Å². The van der Waals surface area contributed by atoms with Crippen LogP contribution in [0.1, 0.15) is 36.7 Å². The summed E-state index contributed by atoms with van der Waals surface area (Å²) < 4.78 is 36.9. The normalized spacial score (nSPS) is 27.5. The highest BCUT2D eigenvalue weighted by Crippen LogP contribution is 2.26. The molecule has 2 unspecified atom stereocenters. The van der Waals surface area contributed by atoms with Gasteiger partial charge in [-0.2, -0.15) is 4.31 Å². The largest absolute Gasteiger partial charge is 0.433 e. The van der Waals surface area contributed by atoms with Crippen LogP contribution >= 0.6 is 0 Å². The Kier molecular flexibility index (Phi) is 8.57. The summed E-state index contributed by atoms with van der Waals surface area (Å²) in [6.45, 7) is 1.65. The molecule has 13 nitrogen and oxygen atoms in total. The molecule has 3 aliphatic rings. The SMILES string of the molecule is CCOC1OC(=O)CC1NC(=O)[C@@H]1CN(S(C)(=O)=O)C[C@@H]2C/C=C\C[C@H](NC(=O)c3nccc4ccccc34)C(=O)N21. The molecule has 0 bridgehead atoms. The standard InChI is InChI=1S/C28H33N5O8S/c1-3-40-28-21(14-23(34)41-28)31-25(35)22-16-32(42(2,38)39)15-18-9-5-7-11-20(27(37)33(18)22)30-26(36)24-19-10-6-4-8-17(19)12-13-29-24/h4-8,10,12-13,18,20-22,28H,3,9,11,14-16H2,1-2H3,(H,30,36)(H,31,35)/b7-5-/t18-,20-,21?,22-,28?/m0/s1. The van der Waals surface area contributed by atoms with Crippen LogP contribution in [0.25, 0.3) is 10.8 Å². The summed E-state index contributed by atoms with van der Waals surface area (Å²) in [5.74, 6) is -2.27. The van der Waals surface area contributed by atoms with Crippen LogP contribution in [-0.4, -0.2) is 103 Å². The van der Waals surface area contributed by atoms with Crippen LogP contribution in [0.2, 0.25) is 0 Å². The van der Waals surface area contributed by atoms with Gasteiger partial charge in [0, 0.05) is 37.3 Å². The number of ether oxygens (including phenoxy) is 2. The molecular weight excluding hydrogens is 566 g/mol. The average Bonchev–Trinajstić information content (AvgIpc) is 3.30. The summed E-state index contributed by atoms with van der Waals surface area (Å²) >= 11 is 0. The Morgan fingerprint density at radius 1 is 1.10 bits per heavy atom. The van der Waals surface area contributed by atoms with Gasteiger partial charge < -0.3 is 25.0 Å². The molecule has 5 atom stereocenters. The maximum absolute atomic E-state index is 14.1. The van der Waals surface area contributed by atoms with Crippen LogP contribution in [0.4, 0.5) is 0 Å². The van der Waals surface area contributed by atoms with Gasteiger partial charge in [0.1, 0.15) is 23.8 Å². The number of carbonyl (C=O) groups is 4. The van der Waals surface area contributed by atoms with Crippen molar-refractivity contribution in [3.8, 4) is 0 Å². The molecule has 0 spiro atoms. The maximum atomic E-state index is 14.1. The van der Waals surface area contributed by atoms with Gasteiger partial charge in [-0.25, -0.2) is 8.42 Å². The van der Waals surface area contributed by atoms with Gasteiger partial charge >= 0.3 is 5.97 Å². The second-order valence-electron chi connectivity index (χ2n) is 10.5. The summed E-state index contributed by atoms with van der Waals surface area (Å²) in [4.78, 5) is 58.7. The molecule has 2 N–H and O–H groups in total. The van der Waals surface area contributed by atoms with Gasteiger partial charge in [0.05, 0.1) is 12.7 Å². The first-order valence-corrected chi connectivity index (χ1v) is 15.6. The summed E-state index contributed by atoms with van der Waals surface area (Å²) in [6.07, 6.45) is 5.49. The van der Waals surface area contributed by atoms with E-state index < -0.39 is 64.2 Å². The van der Waals surface area contributed by atoms with Crippen LogP contribution in [0, 0.1) is 0 Å². The topological polar surface area (TPSA) is 164 Å². The fourth-order valence-corrected chi connectivity index (χ4v) is 6.45. The highest BCUT2D eigenvalue weighted by atomic mass is 32.2. The van der Waals surface area contributed by atoms with E-state index in [1.54, 1.807) is 31.2 Å². The fraction of sp³-hybridized carbons (Fsp3) is 0.464. The number of pyridine rings is 1. The number of aromatic nitrogens is 1. The quantitative estimate of drug-likeness (QED) is 0.337. The minimum Gasteiger partial charge on any atom is -0.433 e. The van der Waals surface area contributed by atoms with E-state index >= 15 is 0 Å². The number of fused-ring (bicyclic) bond motifs is 2. The number of carbonyl (C=O) groups excluding carboxylic acids is 4. The Bertz CT molecular complexity index is 1520. The van der Waals surface area contributed by atoms with Crippen LogP contribution in [0.15, 0.2) is 48.7 Å². The van der Waals surface area contributed by atoms with Gasteiger partial charge in [0.25, 0.3) is 5.91 Å². The van der Waals surface area contributed by atoms with Crippen LogP contribution in [0.3, 0.4) is 0 Å². The first kappa shape index (κ1) is 29.6. The second-order valence-corrected chi connectivity index (χ2v) is 12.5. The van der Waals surface area contributed by atoms with Crippen molar-refractivity contribution in [2.75, 3.05) is 26.0 Å². The Hall–Kier alpha value is -3.88. The minimum atomic E-state index is -3.72. The Morgan fingerprint density at radius 2 is 1.86 bits per heavy atom. The van der Waals surface area contributed by atoms with Crippen LogP contribution in [0.5, 0.6) is 0 Å². The summed E-state index contributed by atoms with van der Waals surface area (Å²) in [5, 5.41) is 6.97. The maximum Gasteiger partial charge on any atom is 0.310 e. The lowest BCUT2D eigenvalue weighted by Gasteiger charge is -2.46. The molecule has 2 fully saturated rings. The van der Waals surface area contributed by atoms with E-state index in [1.807, 2.05) is 18.2 Å². The molecule has 1 aromatic heterocycles. The third-order valence-electron chi connectivity index (χ3n) is 7.61. The molecule has 42 heavy (non-hydrogen) atoms. The van der Waals surface area contributed by atoms with Gasteiger partial charge in [-0.1, -0.05) is 36.4 Å². The zero-order valence-electron chi connectivity index (χ0n) is 23.3. The highest BCUT2D eigenvalue weighted by Gasteiger charge is 2.47. The van der Waals surface area contributed by atoms with Gasteiger partial charge in [0.15, 0.2) is 0 Å². The van der Waals surface area contributed by atoms with Crippen molar-refractivity contribution >= 4 is 44.5 Å². The van der Waals surface area contributed by atoms with Crippen molar-refractivity contribution in [3.63, 3.8) is 0 Å². The number of benzene rings is 1. The summed E-state index contributed by atoms with van der Waals surface area (Å²) in [7, 11) is -3.72. The molecule has 3 aliphatic heterocycles. The molecule has 224 valence electrons. The lowest BCUT2D eigenvalue weighted by Crippen LogP contribution is -2.68. The number of hydrogen-bond acceptors (Lipinski definition) is 9. The summed E-state index contributed by atoms with van der Waals surface area (Å²) in [5.41, 5.74) is 0.160. The number of nitrogens with one attached hydrogen (secondary N) is 2. The van der Waals surface area contributed by atoms with E-state index in [9.17, 15) is 27.6 Å². The molecule has 0 aliphatic carbocycles. The number of rotatable bonds is 7. The molecule has 2 aromatic rings. The number of amides is 3. The summed E-state index contributed by atoms with van der Waals surface area (Å²) in [6, 6.07) is 5.29. The molecule has 0 radical (unpaired) electrons. The third-order valence-corrected chi connectivity index (χ3v) is 8.84. The Balaban J connectivity index is 1.43. The number of cyclic esters (lactones) is 1. The van der Waals surface area contributed by atoms with Gasteiger partial charge in [0.2, 0.25) is 28.1 Å². The monoisotopic (exact) mass is 599 g/mol. The van der Waals surface area contributed by atoms with Crippen molar-refractivity contribution in [2.24, 2.45) is 0 Å². The van der Waals surface area contributed by atoms with Crippen molar-refractivity contribution in [1.29, 1.82) is 0 Å². The molecule has 3 amide bonds. The molecule has 1 aromatic carbocycles. The van der Waals surface area contributed by atoms with Crippen molar-refractivity contribution < 1.29 is 37.1 Å². The van der Waals surface area contributed by atoms with Gasteiger partial charge in [-0.05, 0) is 31.2 Å². The molecule has 5 rings (SSSR count). The van der Waals surface area contributed by atoms with E-state index in [0.29, 0.717) is 11.8 Å². The zero-order chi connectivity index (χ0) is 30.0. The predicted molar refractivity (Wildman–Crippen MR) is 150 cm³/mol. The predicted octanol–water partition coefficient (Wildman–Crippen LogP) is 0.319. The number of nitrogens with zero attached hydrogens (tertiary/aromatic N) is 3. The second kappa shape index (κ2) is 12.2. The number of esters is 1. The van der Waals surface area contributed by atoms with E-state index in [1.165, 1.54) is 15.4 Å². The smallest absolute Gasteiger partial charge is 0.310 e. The van der Waals surface area contributed by atoms with E-state index in [0.717, 1.165) is 11.6 Å². The van der Waals surface area contributed by atoms with Crippen molar-refractivity contribution in [1.82, 2.24) is 24.8 Å². The van der Waals surface area contributed by atoms with E-state index in [4.69, 9.17) is 9.47 Å². The van der Waals surface area contributed by atoms with E-state index in [-0.39, 0.29) is 38.2 Å². The minimum absolute atomic E-state index is 0.0170. The number of sulfonamides is 1. The molecular formula is C28H33N5O8S. The van der Waals surface area contributed by atoms with Crippen LogP contribution < -0.4 is 10.6 Å². The lowest BCUT2D eigenvalue weighted by molar-refractivity contribution is -0.165. The first-order chi connectivity index (χ1) is 20.1. The zero-order valence-corrected chi connectivity index (χ0v) is 24.1. The molecule has 0 saturated carbocycles. The van der Waals surface area contributed by atoms with Crippen molar-refractivity contribution in [3.05, 3.63) is 54.4 Å². The van der Waals surface area contributed by atoms with E-state index in [2.05, 4.69) is 15.6 Å². The molecule has 2 saturated heterocycles. The van der Waals surface area contributed by atoms with Gasteiger partial charge in [-0.3, -0.25) is 24.2 Å². The van der Waals surface area contributed by atoms with Crippen LogP contribution in [-0.2, 0) is 33.9 Å². The molecule has 4 heterocycles. The lowest BCUT2D eigenvalue weighted by atomic mass is 9.97. The fourth-order valence-electron chi connectivity index (χ4n) is 5.60. The highest BCUT2D eigenvalue weighted by molar-refractivity contribution is 7.88. The van der Waals surface area contributed by atoms with Gasteiger partial charge in [-0.15, -0.1) is 0 Å².